The summed E-state index contributed by atoms with van der Waals surface area (Å²) in [6, 6.07) is 10.2. The molecule has 1 aromatic carbocycles. The van der Waals surface area contributed by atoms with E-state index in [1.807, 2.05) is 18.2 Å². The average molecular weight is 356 g/mol. The Bertz CT molecular complexity index is 690. The van der Waals surface area contributed by atoms with Gasteiger partial charge in [-0.3, -0.25) is 4.79 Å². The Hall–Kier alpha value is -2.30. The van der Waals surface area contributed by atoms with E-state index >= 15 is 0 Å². The molecule has 5 heteroatoms. The molecule has 0 aromatic heterocycles. The van der Waals surface area contributed by atoms with Crippen LogP contribution in [-0.2, 0) is 14.3 Å². The van der Waals surface area contributed by atoms with E-state index in [-0.39, 0.29) is 11.9 Å². The van der Waals surface area contributed by atoms with Gasteiger partial charge in [0, 0.05) is 30.9 Å². The minimum atomic E-state index is -0.687. The first kappa shape index (κ1) is 18.5. The van der Waals surface area contributed by atoms with Gasteiger partial charge >= 0.3 is 5.97 Å². The maximum absolute atomic E-state index is 12.9. The van der Waals surface area contributed by atoms with Crippen LogP contribution in [-0.4, -0.2) is 37.1 Å². The summed E-state index contributed by atoms with van der Waals surface area (Å²) in [5.41, 5.74) is 1.49. The summed E-state index contributed by atoms with van der Waals surface area (Å²) in [6.07, 6.45) is 4.63. The topological polar surface area (TPSA) is 58.6 Å². The Morgan fingerprint density at radius 2 is 1.88 bits per heavy atom. The summed E-state index contributed by atoms with van der Waals surface area (Å²) in [4.78, 5) is 27.2. The monoisotopic (exact) mass is 356 g/mol. The van der Waals surface area contributed by atoms with Crippen LogP contribution < -0.4 is 10.2 Å². The van der Waals surface area contributed by atoms with Crippen molar-refractivity contribution in [2.75, 3.05) is 24.5 Å². The number of esters is 1. The van der Waals surface area contributed by atoms with E-state index in [2.05, 4.69) is 29.3 Å². The van der Waals surface area contributed by atoms with Crippen LogP contribution in [0.25, 0.3) is 0 Å². The number of carbonyl (C=O) groups excluding carboxylic acids is 2. The molecule has 140 valence electrons. The predicted octanol–water partition coefficient (Wildman–Crippen LogP) is 3.21. The van der Waals surface area contributed by atoms with E-state index in [1.165, 1.54) is 0 Å². The second-order valence-corrected chi connectivity index (χ2v) is 7.12. The van der Waals surface area contributed by atoms with Crippen molar-refractivity contribution in [1.82, 2.24) is 5.32 Å². The van der Waals surface area contributed by atoms with Crippen molar-refractivity contribution in [1.29, 1.82) is 0 Å². The second kappa shape index (κ2) is 7.94. The number of likely N-dealkylation sites (N-methyl/N-ethyl adjacent to an activating group) is 1. The van der Waals surface area contributed by atoms with Gasteiger partial charge in [0.1, 0.15) is 5.60 Å². The van der Waals surface area contributed by atoms with Gasteiger partial charge < -0.3 is 15.0 Å². The number of rotatable bonds is 6. The summed E-state index contributed by atoms with van der Waals surface area (Å²) in [5.74, 6) is -0.490. The molecule has 26 heavy (non-hydrogen) atoms. The molecule has 1 aromatic rings. The molecule has 0 saturated heterocycles. The Labute approximate surface area is 155 Å². The van der Waals surface area contributed by atoms with E-state index in [0.717, 1.165) is 50.9 Å². The molecule has 1 aliphatic heterocycles. The molecule has 5 nitrogen and oxygen atoms in total. The number of benzene rings is 1. The second-order valence-electron chi connectivity index (χ2n) is 7.12. The first-order valence-corrected chi connectivity index (χ1v) is 9.60. The zero-order valence-corrected chi connectivity index (χ0v) is 15.7. The Balaban J connectivity index is 1.64. The van der Waals surface area contributed by atoms with Gasteiger partial charge in [0.25, 0.3) is 5.91 Å². The Kier molecular flexibility index (Phi) is 5.64. The molecule has 1 fully saturated rings. The van der Waals surface area contributed by atoms with Crippen LogP contribution >= 0.6 is 0 Å². The molecule has 1 spiro atoms. The van der Waals surface area contributed by atoms with E-state index < -0.39 is 5.60 Å². The van der Waals surface area contributed by atoms with Crippen LogP contribution in [0.15, 0.2) is 41.5 Å². The van der Waals surface area contributed by atoms with Crippen molar-refractivity contribution in [2.45, 2.75) is 51.6 Å². The van der Waals surface area contributed by atoms with Gasteiger partial charge in [-0.05, 0) is 51.7 Å². The van der Waals surface area contributed by atoms with Gasteiger partial charge in [-0.2, -0.15) is 0 Å². The molecule has 1 aliphatic carbocycles. The largest absolute Gasteiger partial charge is 0.451 e. The van der Waals surface area contributed by atoms with Gasteiger partial charge in [0.05, 0.1) is 5.57 Å². The van der Waals surface area contributed by atoms with Gasteiger partial charge in [0.2, 0.25) is 0 Å². The SMILES string of the molecule is CCN(CCNC(=O)C1=C(C)C(=O)OC12CCCCC2)c1ccccc1. The molecule has 0 unspecified atom stereocenters. The standard InChI is InChI=1S/C21H28N2O3/c1-3-23(17-10-6-4-7-11-17)15-14-22-19(24)18-16(2)20(25)26-21(18)12-8-5-9-13-21/h4,6-7,10-11H,3,5,8-9,12-15H2,1-2H3,(H,22,24). The molecule has 0 bridgehead atoms. The molecule has 1 heterocycles. The summed E-state index contributed by atoms with van der Waals surface area (Å²) in [5, 5.41) is 3.01. The molecule has 0 atom stereocenters. The van der Waals surface area contributed by atoms with Gasteiger partial charge in [-0.1, -0.05) is 24.6 Å². The van der Waals surface area contributed by atoms with Gasteiger partial charge in [-0.25, -0.2) is 4.79 Å². The average Bonchev–Trinajstić information content (AvgIpc) is 2.89. The summed E-state index contributed by atoms with van der Waals surface area (Å²) >= 11 is 0. The van der Waals surface area contributed by atoms with Crippen LogP contribution in [0.3, 0.4) is 0 Å². The molecule has 3 rings (SSSR count). The van der Waals surface area contributed by atoms with Gasteiger partial charge in [0.15, 0.2) is 0 Å². The quantitative estimate of drug-likeness (QED) is 0.795. The lowest BCUT2D eigenvalue weighted by molar-refractivity contribution is -0.149. The van der Waals surface area contributed by atoms with Crippen molar-refractivity contribution in [3.8, 4) is 0 Å². The number of anilines is 1. The highest BCUT2D eigenvalue weighted by atomic mass is 16.6. The molecular formula is C21H28N2O3. The number of hydrogen-bond donors (Lipinski definition) is 1. The van der Waals surface area contributed by atoms with E-state index in [4.69, 9.17) is 4.74 Å². The number of hydrogen-bond acceptors (Lipinski definition) is 4. The lowest BCUT2D eigenvalue weighted by Gasteiger charge is -2.34. The number of para-hydroxylation sites is 1. The first-order valence-electron chi connectivity index (χ1n) is 9.60. The van der Waals surface area contributed by atoms with Crippen LogP contribution in [0.1, 0.15) is 46.0 Å². The minimum absolute atomic E-state index is 0.153. The van der Waals surface area contributed by atoms with Crippen LogP contribution in [0.4, 0.5) is 5.69 Å². The number of amides is 1. The number of ether oxygens (including phenoxy) is 1. The zero-order chi connectivity index (χ0) is 18.6. The summed E-state index contributed by atoms with van der Waals surface area (Å²) < 4.78 is 5.67. The number of nitrogens with zero attached hydrogens (tertiary/aromatic N) is 1. The zero-order valence-electron chi connectivity index (χ0n) is 15.7. The number of nitrogens with one attached hydrogen (secondary N) is 1. The third kappa shape index (κ3) is 3.62. The molecule has 1 saturated carbocycles. The minimum Gasteiger partial charge on any atom is -0.451 e. The van der Waals surface area contributed by atoms with E-state index in [0.29, 0.717) is 17.7 Å². The fourth-order valence-corrected chi connectivity index (χ4v) is 4.10. The normalized spacial score (nSPS) is 18.8. The van der Waals surface area contributed by atoms with Crippen LogP contribution in [0.2, 0.25) is 0 Å². The van der Waals surface area contributed by atoms with E-state index in [1.54, 1.807) is 6.92 Å². The van der Waals surface area contributed by atoms with Crippen molar-refractivity contribution in [3.63, 3.8) is 0 Å². The molecule has 1 N–H and O–H groups in total. The lowest BCUT2D eigenvalue weighted by atomic mass is 9.78. The van der Waals surface area contributed by atoms with Crippen molar-refractivity contribution < 1.29 is 14.3 Å². The summed E-state index contributed by atoms with van der Waals surface area (Å²) in [6.45, 7) is 5.93. The van der Waals surface area contributed by atoms with Crippen LogP contribution in [0, 0.1) is 0 Å². The molecule has 0 radical (unpaired) electrons. The third-order valence-corrected chi connectivity index (χ3v) is 5.48. The van der Waals surface area contributed by atoms with E-state index in [9.17, 15) is 9.59 Å². The maximum Gasteiger partial charge on any atom is 0.335 e. The highest BCUT2D eigenvalue weighted by Gasteiger charge is 2.49. The fraction of sp³-hybridized carbons (Fsp3) is 0.524. The maximum atomic E-state index is 12.9. The van der Waals surface area contributed by atoms with Gasteiger partial charge in [-0.15, -0.1) is 0 Å². The van der Waals surface area contributed by atoms with Crippen LogP contribution in [0.5, 0.6) is 0 Å². The Morgan fingerprint density at radius 3 is 2.54 bits per heavy atom. The lowest BCUT2D eigenvalue weighted by Crippen LogP contribution is -2.43. The predicted molar refractivity (Wildman–Crippen MR) is 102 cm³/mol. The smallest absolute Gasteiger partial charge is 0.335 e. The fourth-order valence-electron chi connectivity index (χ4n) is 4.10. The highest BCUT2D eigenvalue weighted by Crippen LogP contribution is 2.43. The highest BCUT2D eigenvalue weighted by molar-refractivity contribution is 6.07. The molecule has 1 amide bonds. The summed E-state index contributed by atoms with van der Waals surface area (Å²) in [7, 11) is 0. The third-order valence-electron chi connectivity index (χ3n) is 5.48. The van der Waals surface area contributed by atoms with Crippen molar-refractivity contribution in [3.05, 3.63) is 41.5 Å². The molecular weight excluding hydrogens is 328 g/mol. The van der Waals surface area contributed by atoms with Crippen molar-refractivity contribution >= 4 is 17.6 Å². The Morgan fingerprint density at radius 1 is 1.19 bits per heavy atom. The first-order chi connectivity index (χ1) is 12.6. The number of carbonyl (C=O) groups is 2. The molecule has 2 aliphatic rings. The van der Waals surface area contributed by atoms with Crippen molar-refractivity contribution in [2.24, 2.45) is 0 Å².